The van der Waals surface area contributed by atoms with Crippen molar-refractivity contribution in [3.05, 3.63) is 46.7 Å². The first-order valence-electron chi connectivity index (χ1n) is 4.67. The third-order valence-corrected chi connectivity index (χ3v) is 2.47. The van der Waals surface area contributed by atoms with Gasteiger partial charge in [-0.15, -0.1) is 0 Å². The van der Waals surface area contributed by atoms with Gasteiger partial charge in [0.1, 0.15) is 5.69 Å². The number of nitrogens with two attached hydrogens (primary N) is 1. The molecule has 0 aliphatic carbocycles. The van der Waals surface area contributed by atoms with Gasteiger partial charge >= 0.3 is 0 Å². The molecular formula is C11H7ClN4O. The smallest absolute Gasteiger partial charge is 0.269 e. The number of nitriles is 1. The molecule has 0 saturated carbocycles. The van der Waals surface area contributed by atoms with E-state index < -0.39 is 5.91 Å². The second-order valence-electron chi connectivity index (χ2n) is 3.29. The van der Waals surface area contributed by atoms with Crippen LogP contribution in [0, 0.1) is 11.3 Å². The molecule has 0 fully saturated rings. The standard InChI is InChI=1S/C11H7ClN4O/c12-8-5-7(6-13)1-2-10(8)16-4-3-9(15-16)11(14)17/h1-5H,(H2,14,17). The maximum Gasteiger partial charge on any atom is 0.269 e. The van der Waals surface area contributed by atoms with E-state index in [1.165, 1.54) is 16.8 Å². The van der Waals surface area contributed by atoms with Gasteiger partial charge in [0, 0.05) is 6.20 Å². The Bertz CT molecular complexity index is 627. The molecule has 84 valence electrons. The molecule has 0 aliphatic heterocycles. The third kappa shape index (κ3) is 2.12. The van der Waals surface area contributed by atoms with Gasteiger partial charge in [-0.1, -0.05) is 11.6 Å². The molecule has 2 N–H and O–H groups in total. The van der Waals surface area contributed by atoms with E-state index in [1.807, 2.05) is 6.07 Å². The molecule has 6 heteroatoms. The van der Waals surface area contributed by atoms with Crippen LogP contribution in [0.2, 0.25) is 5.02 Å². The Morgan fingerprint density at radius 3 is 2.76 bits per heavy atom. The molecule has 2 aromatic rings. The van der Waals surface area contributed by atoms with Crippen LogP contribution >= 0.6 is 11.6 Å². The van der Waals surface area contributed by atoms with E-state index in [4.69, 9.17) is 22.6 Å². The highest BCUT2D eigenvalue weighted by Gasteiger charge is 2.08. The Morgan fingerprint density at radius 2 is 2.24 bits per heavy atom. The molecular weight excluding hydrogens is 240 g/mol. The molecule has 2 rings (SSSR count). The second-order valence-corrected chi connectivity index (χ2v) is 3.69. The van der Waals surface area contributed by atoms with Crippen molar-refractivity contribution in [2.45, 2.75) is 0 Å². The summed E-state index contributed by atoms with van der Waals surface area (Å²) in [6, 6.07) is 8.28. The number of primary amides is 1. The quantitative estimate of drug-likeness (QED) is 0.871. The van der Waals surface area contributed by atoms with Crippen molar-refractivity contribution in [2.75, 3.05) is 0 Å². The molecule has 0 aliphatic rings. The Hall–Kier alpha value is -2.32. The fraction of sp³-hybridized carbons (Fsp3) is 0. The summed E-state index contributed by atoms with van der Waals surface area (Å²) >= 11 is 6.00. The van der Waals surface area contributed by atoms with Crippen LogP contribution in [0.15, 0.2) is 30.5 Å². The summed E-state index contributed by atoms with van der Waals surface area (Å²) in [5, 5.41) is 13.1. The summed E-state index contributed by atoms with van der Waals surface area (Å²) in [6.45, 7) is 0. The van der Waals surface area contributed by atoms with Crippen molar-refractivity contribution in [3.8, 4) is 11.8 Å². The van der Waals surface area contributed by atoms with E-state index in [9.17, 15) is 4.79 Å². The number of hydrogen-bond donors (Lipinski definition) is 1. The summed E-state index contributed by atoms with van der Waals surface area (Å²) in [4.78, 5) is 10.9. The normalized spacial score (nSPS) is 9.88. The van der Waals surface area contributed by atoms with Crippen LogP contribution in [0.3, 0.4) is 0 Å². The zero-order valence-electron chi connectivity index (χ0n) is 8.59. The highest BCUT2D eigenvalue weighted by Crippen LogP contribution is 2.21. The summed E-state index contributed by atoms with van der Waals surface area (Å²) in [5.41, 5.74) is 6.30. The predicted octanol–water partition coefficient (Wildman–Crippen LogP) is 1.50. The van der Waals surface area contributed by atoms with Crippen LogP contribution in [0.25, 0.3) is 5.69 Å². The largest absolute Gasteiger partial charge is 0.364 e. The lowest BCUT2D eigenvalue weighted by molar-refractivity contribution is 0.0995. The van der Waals surface area contributed by atoms with Crippen molar-refractivity contribution >= 4 is 17.5 Å². The lowest BCUT2D eigenvalue weighted by Gasteiger charge is -2.03. The average molecular weight is 247 g/mol. The Balaban J connectivity index is 2.46. The summed E-state index contributed by atoms with van der Waals surface area (Å²) in [6.07, 6.45) is 1.58. The van der Waals surface area contributed by atoms with E-state index in [0.717, 1.165) is 0 Å². The second kappa shape index (κ2) is 4.28. The number of rotatable bonds is 2. The maximum atomic E-state index is 10.9. The monoisotopic (exact) mass is 246 g/mol. The summed E-state index contributed by atoms with van der Waals surface area (Å²) < 4.78 is 1.43. The van der Waals surface area contributed by atoms with Crippen molar-refractivity contribution in [2.24, 2.45) is 5.73 Å². The van der Waals surface area contributed by atoms with E-state index in [1.54, 1.807) is 18.3 Å². The predicted molar refractivity (Wildman–Crippen MR) is 61.8 cm³/mol. The van der Waals surface area contributed by atoms with Crippen molar-refractivity contribution < 1.29 is 4.79 Å². The van der Waals surface area contributed by atoms with Gasteiger partial charge in [0.05, 0.1) is 22.3 Å². The van der Waals surface area contributed by atoms with Crippen LogP contribution in [-0.2, 0) is 0 Å². The topological polar surface area (TPSA) is 84.7 Å². The minimum absolute atomic E-state index is 0.158. The minimum atomic E-state index is -0.603. The fourth-order valence-corrected chi connectivity index (χ4v) is 1.62. The first-order valence-corrected chi connectivity index (χ1v) is 5.05. The van der Waals surface area contributed by atoms with Gasteiger partial charge in [0.25, 0.3) is 5.91 Å². The van der Waals surface area contributed by atoms with Gasteiger partial charge in [-0.25, -0.2) is 4.68 Å². The number of carbonyl (C=O) groups is 1. The van der Waals surface area contributed by atoms with Crippen LogP contribution in [-0.4, -0.2) is 15.7 Å². The van der Waals surface area contributed by atoms with Gasteiger partial charge in [0.2, 0.25) is 0 Å². The molecule has 0 spiro atoms. The molecule has 0 atom stereocenters. The van der Waals surface area contributed by atoms with Gasteiger partial charge in [-0.3, -0.25) is 4.79 Å². The molecule has 0 saturated heterocycles. The number of amides is 1. The van der Waals surface area contributed by atoms with E-state index in [-0.39, 0.29) is 5.69 Å². The molecule has 5 nitrogen and oxygen atoms in total. The molecule has 0 radical (unpaired) electrons. The van der Waals surface area contributed by atoms with Crippen molar-refractivity contribution in [1.82, 2.24) is 9.78 Å². The lowest BCUT2D eigenvalue weighted by atomic mass is 10.2. The number of benzene rings is 1. The van der Waals surface area contributed by atoms with Crippen molar-refractivity contribution in [3.63, 3.8) is 0 Å². The summed E-state index contributed by atoms with van der Waals surface area (Å²) in [7, 11) is 0. The van der Waals surface area contributed by atoms with Gasteiger partial charge in [-0.05, 0) is 24.3 Å². The third-order valence-electron chi connectivity index (χ3n) is 2.17. The molecule has 1 amide bonds. The molecule has 17 heavy (non-hydrogen) atoms. The molecule has 0 bridgehead atoms. The van der Waals surface area contributed by atoms with Gasteiger partial charge in [0.15, 0.2) is 0 Å². The fourth-order valence-electron chi connectivity index (χ4n) is 1.35. The molecule has 1 heterocycles. The Kier molecular flexibility index (Phi) is 2.81. The van der Waals surface area contributed by atoms with E-state index in [2.05, 4.69) is 5.10 Å². The van der Waals surface area contributed by atoms with Crippen LogP contribution in [0.1, 0.15) is 16.1 Å². The number of carbonyl (C=O) groups excluding carboxylic acids is 1. The van der Waals surface area contributed by atoms with Gasteiger partial charge < -0.3 is 5.73 Å². The molecule has 1 aromatic heterocycles. The summed E-state index contributed by atoms with van der Waals surface area (Å²) in [5.74, 6) is -0.603. The SMILES string of the molecule is N#Cc1ccc(-n2ccc(C(N)=O)n2)c(Cl)c1. The minimum Gasteiger partial charge on any atom is -0.364 e. The zero-order valence-corrected chi connectivity index (χ0v) is 9.35. The molecule has 1 aromatic carbocycles. The molecule has 0 unspecified atom stereocenters. The average Bonchev–Trinajstić information content (AvgIpc) is 2.78. The number of nitrogens with zero attached hydrogens (tertiary/aromatic N) is 3. The van der Waals surface area contributed by atoms with Crippen LogP contribution in [0.4, 0.5) is 0 Å². The number of aromatic nitrogens is 2. The Morgan fingerprint density at radius 1 is 1.47 bits per heavy atom. The maximum absolute atomic E-state index is 10.9. The lowest BCUT2D eigenvalue weighted by Crippen LogP contribution is -2.12. The van der Waals surface area contributed by atoms with Crippen molar-refractivity contribution in [1.29, 1.82) is 5.26 Å². The van der Waals surface area contributed by atoms with Gasteiger partial charge in [-0.2, -0.15) is 10.4 Å². The highest BCUT2D eigenvalue weighted by atomic mass is 35.5. The van der Waals surface area contributed by atoms with E-state index >= 15 is 0 Å². The van der Waals surface area contributed by atoms with E-state index in [0.29, 0.717) is 16.3 Å². The zero-order chi connectivity index (χ0) is 12.4. The Labute approximate surface area is 102 Å². The first kappa shape index (κ1) is 11.2. The highest BCUT2D eigenvalue weighted by molar-refractivity contribution is 6.32. The van der Waals surface area contributed by atoms with Crippen LogP contribution in [0.5, 0.6) is 0 Å². The van der Waals surface area contributed by atoms with Crippen LogP contribution < -0.4 is 5.73 Å². The number of halogens is 1. The number of hydrogen-bond acceptors (Lipinski definition) is 3. The first-order chi connectivity index (χ1) is 8.11.